The molecule has 2 nitrogen and oxygen atoms in total. The Morgan fingerprint density at radius 2 is 1.72 bits per heavy atom. The van der Waals surface area contributed by atoms with Gasteiger partial charge in [-0.3, -0.25) is 0 Å². The molecule has 0 aliphatic carbocycles. The van der Waals surface area contributed by atoms with Crippen LogP contribution in [0.15, 0.2) is 42.5 Å². The molecule has 0 spiro atoms. The summed E-state index contributed by atoms with van der Waals surface area (Å²) in [5, 5.41) is 9.01. The summed E-state index contributed by atoms with van der Waals surface area (Å²) in [5.41, 5.74) is 2.59. The van der Waals surface area contributed by atoms with Gasteiger partial charge in [-0.25, -0.2) is 9.18 Å². The Labute approximate surface area is 109 Å². The van der Waals surface area contributed by atoms with Crippen LogP contribution in [0.3, 0.4) is 0 Å². The van der Waals surface area contributed by atoms with E-state index in [0.717, 1.165) is 11.1 Å². The molecule has 0 heterocycles. The monoisotopic (exact) mass is 262 g/mol. The summed E-state index contributed by atoms with van der Waals surface area (Å²) >= 11 is 4.13. The van der Waals surface area contributed by atoms with Crippen LogP contribution in [0.25, 0.3) is 11.1 Å². The summed E-state index contributed by atoms with van der Waals surface area (Å²) in [4.78, 5) is 11.0. The third-order valence-corrected chi connectivity index (χ3v) is 3.02. The summed E-state index contributed by atoms with van der Waals surface area (Å²) in [5.74, 6) is -0.920. The van der Waals surface area contributed by atoms with Crippen molar-refractivity contribution in [2.45, 2.75) is 5.75 Å². The zero-order chi connectivity index (χ0) is 13.1. The van der Waals surface area contributed by atoms with Crippen LogP contribution in [0.4, 0.5) is 4.39 Å². The number of carboxylic acids is 1. The highest BCUT2D eigenvalue weighted by Crippen LogP contribution is 2.24. The molecule has 2 rings (SSSR count). The van der Waals surface area contributed by atoms with E-state index in [0.29, 0.717) is 11.3 Å². The van der Waals surface area contributed by atoms with Gasteiger partial charge >= 0.3 is 5.97 Å². The number of rotatable bonds is 3. The van der Waals surface area contributed by atoms with Gasteiger partial charge in [0.25, 0.3) is 0 Å². The predicted molar refractivity (Wildman–Crippen MR) is 71.5 cm³/mol. The van der Waals surface area contributed by atoms with Crippen LogP contribution in [0.1, 0.15) is 15.9 Å². The molecule has 0 amide bonds. The molecule has 0 bridgehead atoms. The van der Waals surface area contributed by atoms with Crippen molar-refractivity contribution in [3.05, 3.63) is 59.4 Å². The van der Waals surface area contributed by atoms with Gasteiger partial charge < -0.3 is 5.11 Å². The minimum absolute atomic E-state index is 0.246. The zero-order valence-electron chi connectivity index (χ0n) is 9.43. The maximum Gasteiger partial charge on any atom is 0.335 e. The SMILES string of the molecule is O=C(O)c1ccc(-c2ccc(F)cc2)cc1CS. The maximum atomic E-state index is 12.8. The van der Waals surface area contributed by atoms with Crippen molar-refractivity contribution in [3.63, 3.8) is 0 Å². The first-order chi connectivity index (χ1) is 8.61. The van der Waals surface area contributed by atoms with Gasteiger partial charge in [-0.15, -0.1) is 0 Å². The average molecular weight is 262 g/mol. The molecule has 18 heavy (non-hydrogen) atoms. The predicted octanol–water partition coefficient (Wildman–Crippen LogP) is 3.62. The molecule has 2 aromatic carbocycles. The lowest BCUT2D eigenvalue weighted by Crippen LogP contribution is -2.01. The summed E-state index contributed by atoms with van der Waals surface area (Å²) in [6.07, 6.45) is 0. The van der Waals surface area contributed by atoms with Gasteiger partial charge in [0.2, 0.25) is 0 Å². The third-order valence-electron chi connectivity index (χ3n) is 2.68. The van der Waals surface area contributed by atoms with E-state index >= 15 is 0 Å². The largest absolute Gasteiger partial charge is 0.478 e. The molecular formula is C14H11FO2S. The fraction of sp³-hybridized carbons (Fsp3) is 0.0714. The van der Waals surface area contributed by atoms with Crippen LogP contribution >= 0.6 is 12.6 Å². The van der Waals surface area contributed by atoms with Crippen molar-refractivity contribution in [1.29, 1.82) is 0 Å². The smallest absolute Gasteiger partial charge is 0.335 e. The minimum Gasteiger partial charge on any atom is -0.478 e. The highest BCUT2D eigenvalue weighted by Gasteiger charge is 2.10. The number of halogens is 1. The van der Waals surface area contributed by atoms with Crippen LogP contribution in [-0.4, -0.2) is 11.1 Å². The summed E-state index contributed by atoms with van der Waals surface area (Å²) in [7, 11) is 0. The Morgan fingerprint density at radius 3 is 2.28 bits per heavy atom. The van der Waals surface area contributed by atoms with Gasteiger partial charge in [0.15, 0.2) is 0 Å². The van der Waals surface area contributed by atoms with Crippen molar-refractivity contribution in [1.82, 2.24) is 0 Å². The van der Waals surface area contributed by atoms with Crippen molar-refractivity contribution in [3.8, 4) is 11.1 Å². The van der Waals surface area contributed by atoms with Crippen molar-refractivity contribution in [2.75, 3.05) is 0 Å². The van der Waals surface area contributed by atoms with E-state index in [9.17, 15) is 9.18 Å². The lowest BCUT2D eigenvalue weighted by atomic mass is 10.00. The Hall–Kier alpha value is -1.81. The van der Waals surface area contributed by atoms with Crippen molar-refractivity contribution < 1.29 is 14.3 Å². The molecule has 0 radical (unpaired) electrons. The number of hydrogen-bond donors (Lipinski definition) is 2. The molecule has 0 aliphatic heterocycles. The number of hydrogen-bond acceptors (Lipinski definition) is 2. The number of benzene rings is 2. The molecule has 4 heteroatoms. The first-order valence-electron chi connectivity index (χ1n) is 5.35. The van der Waals surface area contributed by atoms with E-state index in [4.69, 9.17) is 5.11 Å². The molecule has 0 saturated heterocycles. The quantitative estimate of drug-likeness (QED) is 0.829. The Morgan fingerprint density at radius 1 is 1.11 bits per heavy atom. The second-order valence-corrected chi connectivity index (χ2v) is 4.16. The Kier molecular flexibility index (Phi) is 3.67. The molecular weight excluding hydrogens is 251 g/mol. The lowest BCUT2D eigenvalue weighted by molar-refractivity contribution is 0.0696. The summed E-state index contributed by atoms with van der Waals surface area (Å²) in [6, 6.07) is 11.1. The highest BCUT2D eigenvalue weighted by molar-refractivity contribution is 7.79. The van der Waals surface area contributed by atoms with E-state index < -0.39 is 5.97 Å². The maximum absolute atomic E-state index is 12.8. The van der Waals surface area contributed by atoms with Gasteiger partial charge in [-0.05, 0) is 41.0 Å². The van der Waals surface area contributed by atoms with Gasteiger partial charge in [0.05, 0.1) is 5.56 Å². The standard InChI is InChI=1S/C14H11FO2S/c15-12-4-1-9(2-5-12)10-3-6-13(14(16)17)11(7-10)8-18/h1-7,18H,8H2,(H,16,17). The van der Waals surface area contributed by atoms with Gasteiger partial charge in [0, 0.05) is 5.75 Å². The fourth-order valence-corrected chi connectivity index (χ4v) is 2.02. The van der Waals surface area contributed by atoms with Crippen LogP contribution < -0.4 is 0 Å². The first kappa shape index (κ1) is 12.6. The first-order valence-corrected chi connectivity index (χ1v) is 5.98. The van der Waals surface area contributed by atoms with E-state index in [2.05, 4.69) is 12.6 Å². The van der Waals surface area contributed by atoms with E-state index in [1.807, 2.05) is 0 Å². The topological polar surface area (TPSA) is 37.3 Å². The van der Waals surface area contributed by atoms with Crippen molar-refractivity contribution >= 4 is 18.6 Å². The van der Waals surface area contributed by atoms with Crippen LogP contribution in [-0.2, 0) is 5.75 Å². The second kappa shape index (κ2) is 5.23. The van der Waals surface area contributed by atoms with E-state index in [1.165, 1.54) is 12.1 Å². The van der Waals surface area contributed by atoms with E-state index in [-0.39, 0.29) is 11.4 Å². The Balaban J connectivity index is 2.47. The van der Waals surface area contributed by atoms with E-state index in [1.54, 1.807) is 30.3 Å². The van der Waals surface area contributed by atoms with Gasteiger partial charge in [-0.1, -0.05) is 18.2 Å². The Bertz CT molecular complexity index is 579. The second-order valence-electron chi connectivity index (χ2n) is 3.84. The molecule has 0 saturated carbocycles. The summed E-state index contributed by atoms with van der Waals surface area (Å²) in [6.45, 7) is 0. The molecule has 92 valence electrons. The molecule has 1 N–H and O–H groups in total. The third kappa shape index (κ3) is 2.54. The summed E-state index contributed by atoms with van der Waals surface area (Å²) < 4.78 is 12.8. The molecule has 0 aromatic heterocycles. The van der Waals surface area contributed by atoms with Crippen LogP contribution in [0.5, 0.6) is 0 Å². The van der Waals surface area contributed by atoms with Gasteiger partial charge in [-0.2, -0.15) is 12.6 Å². The van der Waals surface area contributed by atoms with Crippen LogP contribution in [0, 0.1) is 5.82 Å². The van der Waals surface area contributed by atoms with Crippen molar-refractivity contribution in [2.24, 2.45) is 0 Å². The molecule has 2 aromatic rings. The average Bonchev–Trinajstić information content (AvgIpc) is 2.38. The number of carbonyl (C=O) groups is 1. The molecule has 0 unspecified atom stereocenters. The number of aromatic carboxylic acids is 1. The minimum atomic E-state index is -0.968. The molecule has 0 fully saturated rings. The number of carboxylic acid groups (broad SMARTS) is 1. The van der Waals surface area contributed by atoms with Crippen LogP contribution in [0.2, 0.25) is 0 Å². The molecule has 0 atom stereocenters. The highest BCUT2D eigenvalue weighted by atomic mass is 32.1. The number of thiol groups is 1. The fourth-order valence-electron chi connectivity index (χ4n) is 1.76. The zero-order valence-corrected chi connectivity index (χ0v) is 10.3. The molecule has 0 aliphatic rings. The lowest BCUT2D eigenvalue weighted by Gasteiger charge is -2.07. The normalized spacial score (nSPS) is 10.3. The van der Waals surface area contributed by atoms with Gasteiger partial charge in [0.1, 0.15) is 5.82 Å².